The number of amidine groups is 1. The Kier molecular flexibility index (Phi) is 3.80. The van der Waals surface area contributed by atoms with Crippen LogP contribution < -0.4 is 10.2 Å². The Morgan fingerprint density at radius 3 is 2.83 bits per heavy atom. The van der Waals surface area contributed by atoms with Crippen molar-refractivity contribution in [1.82, 2.24) is 10.2 Å². The monoisotopic (exact) mass is 334 g/mol. The molecule has 3 amide bonds. The molecule has 7 heteroatoms. The first-order chi connectivity index (χ1) is 10.8. The number of carbonyl (C=O) groups is 2. The van der Waals surface area contributed by atoms with E-state index in [1.54, 1.807) is 17.0 Å². The van der Waals surface area contributed by atoms with E-state index in [9.17, 15) is 9.59 Å². The van der Waals surface area contributed by atoms with Crippen molar-refractivity contribution >= 4 is 35.1 Å². The summed E-state index contributed by atoms with van der Waals surface area (Å²) in [5.74, 6) is 0.450. The van der Waals surface area contributed by atoms with Gasteiger partial charge in [0.15, 0.2) is 0 Å². The van der Waals surface area contributed by atoms with E-state index in [4.69, 9.17) is 11.6 Å². The number of hydrogen-bond donors (Lipinski definition) is 1. The van der Waals surface area contributed by atoms with Crippen LogP contribution in [0.25, 0.3) is 0 Å². The number of nitrogens with zero attached hydrogens (tertiary/aromatic N) is 3. The molecule has 0 saturated heterocycles. The average Bonchev–Trinajstić information content (AvgIpc) is 2.91. The maximum absolute atomic E-state index is 12.7. The molecular formula is C16H19ClN4O2. The minimum atomic E-state index is -0.354. The zero-order chi connectivity index (χ0) is 16.8. The van der Waals surface area contributed by atoms with Gasteiger partial charge in [-0.3, -0.25) is 19.6 Å². The average molecular weight is 335 g/mol. The number of anilines is 1. The second kappa shape index (κ2) is 5.53. The van der Waals surface area contributed by atoms with E-state index < -0.39 is 0 Å². The minimum absolute atomic E-state index is 0.0484. The van der Waals surface area contributed by atoms with Crippen LogP contribution in [-0.2, 0) is 4.79 Å². The Morgan fingerprint density at radius 1 is 1.39 bits per heavy atom. The fourth-order valence-electron chi connectivity index (χ4n) is 2.78. The molecule has 0 saturated carbocycles. The van der Waals surface area contributed by atoms with Crippen molar-refractivity contribution in [2.45, 2.75) is 26.3 Å². The van der Waals surface area contributed by atoms with Gasteiger partial charge >= 0.3 is 6.03 Å². The number of hydrogen-bond acceptors (Lipinski definition) is 3. The summed E-state index contributed by atoms with van der Waals surface area (Å²) in [6.45, 7) is 6.77. The van der Waals surface area contributed by atoms with Crippen molar-refractivity contribution in [3.05, 3.63) is 28.8 Å². The van der Waals surface area contributed by atoms with E-state index in [-0.39, 0.29) is 24.0 Å². The normalized spacial score (nSPS) is 16.9. The van der Waals surface area contributed by atoms with Crippen molar-refractivity contribution < 1.29 is 9.59 Å². The van der Waals surface area contributed by atoms with E-state index in [1.165, 1.54) is 4.90 Å². The Morgan fingerprint density at radius 2 is 2.13 bits per heavy atom. The van der Waals surface area contributed by atoms with Crippen molar-refractivity contribution in [1.29, 1.82) is 0 Å². The van der Waals surface area contributed by atoms with E-state index in [0.29, 0.717) is 29.6 Å². The summed E-state index contributed by atoms with van der Waals surface area (Å²) in [6.07, 6.45) is 0. The van der Waals surface area contributed by atoms with Crippen LogP contribution in [0.3, 0.4) is 0 Å². The Bertz CT molecular complexity index is 709. The Balaban J connectivity index is 1.96. The van der Waals surface area contributed by atoms with Crippen molar-refractivity contribution in [3.8, 4) is 0 Å². The highest BCUT2D eigenvalue weighted by molar-refractivity contribution is 6.31. The summed E-state index contributed by atoms with van der Waals surface area (Å²) in [4.78, 5) is 32.5. The van der Waals surface area contributed by atoms with Gasteiger partial charge in [-0.05, 0) is 39.0 Å². The van der Waals surface area contributed by atoms with Gasteiger partial charge in [-0.2, -0.15) is 0 Å². The maximum Gasteiger partial charge on any atom is 0.330 e. The fourth-order valence-corrected chi connectivity index (χ4v) is 2.95. The number of amides is 3. The third-order valence-electron chi connectivity index (χ3n) is 3.61. The van der Waals surface area contributed by atoms with Gasteiger partial charge in [0.05, 0.1) is 12.2 Å². The summed E-state index contributed by atoms with van der Waals surface area (Å²) < 4.78 is 0. The van der Waals surface area contributed by atoms with Crippen LogP contribution in [0.1, 0.15) is 26.3 Å². The van der Waals surface area contributed by atoms with Crippen LogP contribution in [0.15, 0.2) is 23.2 Å². The predicted octanol–water partition coefficient (Wildman–Crippen LogP) is 2.26. The van der Waals surface area contributed by atoms with E-state index in [2.05, 4.69) is 10.3 Å². The minimum Gasteiger partial charge on any atom is -0.350 e. The molecule has 1 aromatic rings. The molecule has 0 atom stereocenters. The highest BCUT2D eigenvalue weighted by Gasteiger charge is 2.38. The molecule has 2 aliphatic rings. The van der Waals surface area contributed by atoms with Crippen LogP contribution in [0.2, 0.25) is 5.02 Å². The number of carbonyl (C=O) groups excluding carboxylic acids is 2. The molecule has 0 radical (unpaired) electrons. The molecule has 0 aliphatic carbocycles. The zero-order valence-corrected chi connectivity index (χ0v) is 14.1. The Hall–Kier alpha value is -2.08. The Labute approximate surface area is 140 Å². The van der Waals surface area contributed by atoms with E-state index in [1.807, 2.05) is 26.8 Å². The van der Waals surface area contributed by atoms with Gasteiger partial charge in [0.25, 0.3) is 0 Å². The molecule has 0 aromatic heterocycles. The molecule has 6 nitrogen and oxygen atoms in total. The number of rotatable bonds is 2. The van der Waals surface area contributed by atoms with Gasteiger partial charge in [0.1, 0.15) is 12.4 Å². The molecule has 1 N–H and O–H groups in total. The van der Waals surface area contributed by atoms with E-state index in [0.717, 1.165) is 5.56 Å². The molecule has 2 aliphatic heterocycles. The molecular weight excluding hydrogens is 316 g/mol. The van der Waals surface area contributed by atoms with Crippen LogP contribution >= 0.6 is 11.6 Å². The van der Waals surface area contributed by atoms with Gasteiger partial charge in [-0.1, -0.05) is 11.6 Å². The third kappa shape index (κ3) is 3.03. The lowest BCUT2D eigenvalue weighted by molar-refractivity contribution is -0.121. The summed E-state index contributed by atoms with van der Waals surface area (Å²) in [5, 5.41) is 3.40. The van der Waals surface area contributed by atoms with Crippen LogP contribution in [0.4, 0.5) is 10.5 Å². The van der Waals surface area contributed by atoms with Gasteiger partial charge < -0.3 is 5.32 Å². The molecule has 0 spiro atoms. The summed E-state index contributed by atoms with van der Waals surface area (Å²) in [7, 11) is 0. The topological polar surface area (TPSA) is 65.0 Å². The van der Waals surface area contributed by atoms with Gasteiger partial charge in [-0.15, -0.1) is 0 Å². The lowest BCUT2D eigenvalue weighted by Gasteiger charge is -2.35. The molecule has 0 fully saturated rings. The highest BCUT2D eigenvalue weighted by atomic mass is 35.5. The zero-order valence-electron chi connectivity index (χ0n) is 13.4. The number of fused-ring (bicyclic) bond motifs is 3. The van der Waals surface area contributed by atoms with Crippen LogP contribution in [0, 0.1) is 0 Å². The quantitative estimate of drug-likeness (QED) is 0.901. The van der Waals surface area contributed by atoms with Crippen molar-refractivity contribution in [2.75, 3.05) is 24.5 Å². The number of halogens is 1. The second-order valence-corrected chi connectivity index (χ2v) is 7.12. The molecule has 0 bridgehead atoms. The molecule has 3 rings (SSSR count). The fraction of sp³-hybridized carbons (Fsp3) is 0.438. The summed E-state index contributed by atoms with van der Waals surface area (Å²) in [6, 6.07) is 5.08. The largest absolute Gasteiger partial charge is 0.350 e. The van der Waals surface area contributed by atoms with E-state index >= 15 is 0 Å². The first-order valence-corrected chi connectivity index (χ1v) is 7.88. The van der Waals surface area contributed by atoms with Gasteiger partial charge in [-0.25, -0.2) is 4.79 Å². The maximum atomic E-state index is 12.7. The van der Waals surface area contributed by atoms with Crippen LogP contribution in [0.5, 0.6) is 0 Å². The highest BCUT2D eigenvalue weighted by Crippen LogP contribution is 2.32. The molecule has 2 heterocycles. The molecule has 122 valence electrons. The standard InChI is InChI=1S/C16H19ClN4O2/c1-16(2,3)19-13(22)9-21-12-8-10(17)4-5-11(12)14-18-6-7-20(14)15(21)23/h4-5,8H,6-7,9H2,1-3H3,(H,19,22). The second-order valence-electron chi connectivity index (χ2n) is 6.69. The number of nitrogens with one attached hydrogen (secondary N) is 1. The molecule has 0 unspecified atom stereocenters. The van der Waals surface area contributed by atoms with Gasteiger partial charge in [0, 0.05) is 22.7 Å². The van der Waals surface area contributed by atoms with Crippen molar-refractivity contribution in [3.63, 3.8) is 0 Å². The number of benzene rings is 1. The summed E-state index contributed by atoms with van der Waals surface area (Å²) >= 11 is 6.08. The molecule has 1 aromatic carbocycles. The van der Waals surface area contributed by atoms with Crippen LogP contribution in [-0.4, -0.2) is 47.8 Å². The first kappa shape index (κ1) is 15.8. The first-order valence-electron chi connectivity index (χ1n) is 7.51. The predicted molar refractivity (Wildman–Crippen MR) is 90.2 cm³/mol. The smallest absolute Gasteiger partial charge is 0.330 e. The number of aliphatic imine (C=N–C) groups is 1. The number of urea groups is 1. The lowest BCUT2D eigenvalue weighted by atomic mass is 10.1. The third-order valence-corrected chi connectivity index (χ3v) is 3.85. The van der Waals surface area contributed by atoms with Crippen molar-refractivity contribution in [2.24, 2.45) is 4.99 Å². The lowest BCUT2D eigenvalue weighted by Crippen LogP contribution is -2.54. The van der Waals surface area contributed by atoms with Gasteiger partial charge in [0.2, 0.25) is 5.91 Å². The summed E-state index contributed by atoms with van der Waals surface area (Å²) in [5.41, 5.74) is 1.10. The SMILES string of the molecule is CC(C)(C)NC(=O)CN1C(=O)N2CCN=C2c2ccc(Cl)cc21. The molecule has 23 heavy (non-hydrogen) atoms.